The molecule has 0 aliphatic carbocycles. The van der Waals surface area contributed by atoms with Crippen molar-refractivity contribution in [3.05, 3.63) is 35.4 Å². The predicted octanol–water partition coefficient (Wildman–Crippen LogP) is 2.12. The van der Waals surface area contributed by atoms with Crippen LogP contribution in [0.5, 0.6) is 0 Å². The summed E-state index contributed by atoms with van der Waals surface area (Å²) in [5.41, 5.74) is 2.19. The normalized spacial score (nSPS) is 23.5. The number of rotatable bonds is 5. The van der Waals surface area contributed by atoms with E-state index in [4.69, 9.17) is 0 Å². The molecule has 0 amide bonds. The van der Waals surface area contributed by atoms with Gasteiger partial charge in [-0.05, 0) is 50.3 Å². The lowest BCUT2D eigenvalue weighted by Gasteiger charge is -2.20. The Morgan fingerprint density at radius 3 is 2.68 bits per heavy atom. The molecule has 1 fully saturated rings. The van der Waals surface area contributed by atoms with E-state index in [0.29, 0.717) is 5.92 Å². The SMILES string of the molecule is Cc1ccccc1C(O)CCN1CCC(C(C)O)C1. The molecule has 1 aliphatic heterocycles. The molecule has 2 rings (SSSR count). The summed E-state index contributed by atoms with van der Waals surface area (Å²) in [7, 11) is 0. The van der Waals surface area contributed by atoms with Crippen LogP contribution in [0, 0.1) is 12.8 Å². The van der Waals surface area contributed by atoms with Crippen molar-refractivity contribution in [2.45, 2.75) is 38.9 Å². The number of aliphatic hydroxyl groups excluding tert-OH is 2. The van der Waals surface area contributed by atoms with E-state index in [0.717, 1.165) is 43.6 Å². The van der Waals surface area contributed by atoms with Crippen LogP contribution >= 0.6 is 0 Å². The van der Waals surface area contributed by atoms with Crippen molar-refractivity contribution in [2.75, 3.05) is 19.6 Å². The number of aliphatic hydroxyl groups is 2. The molecule has 3 heteroatoms. The van der Waals surface area contributed by atoms with Crippen molar-refractivity contribution in [3.63, 3.8) is 0 Å². The monoisotopic (exact) mass is 263 g/mol. The molecule has 3 nitrogen and oxygen atoms in total. The van der Waals surface area contributed by atoms with Crippen molar-refractivity contribution in [3.8, 4) is 0 Å². The highest BCUT2D eigenvalue weighted by atomic mass is 16.3. The Morgan fingerprint density at radius 1 is 1.32 bits per heavy atom. The Bertz CT molecular complexity index is 405. The van der Waals surface area contributed by atoms with Crippen LogP contribution in [-0.2, 0) is 0 Å². The lowest BCUT2D eigenvalue weighted by Crippen LogP contribution is -2.26. The van der Waals surface area contributed by atoms with E-state index in [1.807, 2.05) is 38.1 Å². The van der Waals surface area contributed by atoms with Gasteiger partial charge in [-0.1, -0.05) is 24.3 Å². The maximum atomic E-state index is 10.3. The Balaban J connectivity index is 1.82. The summed E-state index contributed by atoms with van der Waals surface area (Å²) in [6.45, 7) is 6.81. The molecule has 0 radical (unpaired) electrons. The smallest absolute Gasteiger partial charge is 0.0804 e. The van der Waals surface area contributed by atoms with Crippen LogP contribution in [0.1, 0.15) is 37.0 Å². The van der Waals surface area contributed by atoms with E-state index in [-0.39, 0.29) is 12.2 Å². The van der Waals surface area contributed by atoms with Crippen LogP contribution in [0.15, 0.2) is 24.3 Å². The van der Waals surface area contributed by atoms with E-state index in [2.05, 4.69) is 4.90 Å². The Morgan fingerprint density at radius 2 is 2.05 bits per heavy atom. The minimum Gasteiger partial charge on any atom is -0.393 e. The number of nitrogens with zero attached hydrogens (tertiary/aromatic N) is 1. The fraction of sp³-hybridized carbons (Fsp3) is 0.625. The predicted molar refractivity (Wildman–Crippen MR) is 77.0 cm³/mol. The number of benzene rings is 1. The van der Waals surface area contributed by atoms with Crippen LogP contribution in [0.25, 0.3) is 0 Å². The molecule has 1 saturated heterocycles. The lowest BCUT2D eigenvalue weighted by atomic mass is 10.0. The Hall–Kier alpha value is -0.900. The molecule has 1 aromatic carbocycles. The van der Waals surface area contributed by atoms with Gasteiger partial charge in [-0.15, -0.1) is 0 Å². The molecular weight excluding hydrogens is 238 g/mol. The van der Waals surface area contributed by atoms with Crippen molar-refractivity contribution in [1.82, 2.24) is 4.90 Å². The molecule has 3 unspecified atom stereocenters. The first kappa shape index (κ1) is 14.5. The fourth-order valence-corrected chi connectivity index (χ4v) is 2.88. The lowest BCUT2D eigenvalue weighted by molar-refractivity contribution is 0.121. The van der Waals surface area contributed by atoms with Gasteiger partial charge in [-0.2, -0.15) is 0 Å². The first-order chi connectivity index (χ1) is 9.08. The Labute approximate surface area is 115 Å². The number of hydrogen-bond acceptors (Lipinski definition) is 3. The van der Waals surface area contributed by atoms with Gasteiger partial charge in [0.15, 0.2) is 0 Å². The number of aryl methyl sites for hydroxylation is 1. The molecule has 19 heavy (non-hydrogen) atoms. The second-order valence-corrected chi connectivity index (χ2v) is 5.75. The quantitative estimate of drug-likeness (QED) is 0.855. The third-order valence-corrected chi connectivity index (χ3v) is 4.26. The third-order valence-electron chi connectivity index (χ3n) is 4.26. The van der Waals surface area contributed by atoms with Gasteiger partial charge in [-0.25, -0.2) is 0 Å². The summed E-state index contributed by atoms with van der Waals surface area (Å²) in [4.78, 5) is 2.35. The van der Waals surface area contributed by atoms with Gasteiger partial charge in [0, 0.05) is 13.1 Å². The highest BCUT2D eigenvalue weighted by Crippen LogP contribution is 2.24. The van der Waals surface area contributed by atoms with Gasteiger partial charge in [-0.3, -0.25) is 0 Å². The fourth-order valence-electron chi connectivity index (χ4n) is 2.88. The zero-order chi connectivity index (χ0) is 13.8. The summed E-state index contributed by atoms with van der Waals surface area (Å²) in [6, 6.07) is 8.02. The second-order valence-electron chi connectivity index (χ2n) is 5.75. The van der Waals surface area contributed by atoms with E-state index in [9.17, 15) is 10.2 Å². The molecule has 3 atom stereocenters. The van der Waals surface area contributed by atoms with Crippen LogP contribution in [0.4, 0.5) is 0 Å². The molecule has 0 spiro atoms. The first-order valence-corrected chi connectivity index (χ1v) is 7.22. The molecule has 0 saturated carbocycles. The zero-order valence-electron chi connectivity index (χ0n) is 11.9. The van der Waals surface area contributed by atoms with E-state index in [1.54, 1.807) is 0 Å². The standard InChI is InChI=1S/C16H25NO2/c1-12-5-3-4-6-15(12)16(19)8-10-17-9-7-14(11-17)13(2)18/h3-6,13-14,16,18-19H,7-11H2,1-2H3. The molecule has 0 aromatic heterocycles. The molecule has 1 heterocycles. The topological polar surface area (TPSA) is 43.7 Å². The zero-order valence-corrected chi connectivity index (χ0v) is 11.9. The van der Waals surface area contributed by atoms with Crippen LogP contribution in [0.2, 0.25) is 0 Å². The summed E-state index contributed by atoms with van der Waals surface area (Å²) in [6.07, 6.45) is 1.23. The maximum Gasteiger partial charge on any atom is 0.0804 e. The van der Waals surface area contributed by atoms with Gasteiger partial charge in [0.1, 0.15) is 0 Å². The summed E-state index contributed by atoms with van der Waals surface area (Å²) >= 11 is 0. The Kier molecular flexibility index (Phi) is 4.97. The van der Waals surface area contributed by atoms with Gasteiger partial charge in [0.25, 0.3) is 0 Å². The van der Waals surface area contributed by atoms with Gasteiger partial charge in [0.2, 0.25) is 0 Å². The van der Waals surface area contributed by atoms with Crippen molar-refractivity contribution in [1.29, 1.82) is 0 Å². The minimum atomic E-state index is -0.383. The molecule has 2 N–H and O–H groups in total. The van der Waals surface area contributed by atoms with Crippen molar-refractivity contribution in [2.24, 2.45) is 5.92 Å². The van der Waals surface area contributed by atoms with E-state index < -0.39 is 0 Å². The highest BCUT2D eigenvalue weighted by Gasteiger charge is 2.26. The average molecular weight is 263 g/mol. The largest absolute Gasteiger partial charge is 0.393 e. The molecule has 0 bridgehead atoms. The summed E-state index contributed by atoms with van der Waals surface area (Å²) in [5, 5.41) is 19.8. The number of hydrogen-bond donors (Lipinski definition) is 2. The van der Waals surface area contributed by atoms with Crippen LogP contribution in [-0.4, -0.2) is 40.9 Å². The summed E-state index contributed by atoms with van der Waals surface area (Å²) in [5.74, 6) is 0.399. The van der Waals surface area contributed by atoms with Gasteiger partial charge < -0.3 is 15.1 Å². The molecular formula is C16H25NO2. The highest BCUT2D eigenvalue weighted by molar-refractivity contribution is 5.27. The number of likely N-dealkylation sites (tertiary alicyclic amines) is 1. The molecule has 106 valence electrons. The second kappa shape index (κ2) is 6.51. The van der Waals surface area contributed by atoms with Crippen molar-refractivity contribution >= 4 is 0 Å². The van der Waals surface area contributed by atoms with Gasteiger partial charge in [0.05, 0.1) is 12.2 Å². The minimum absolute atomic E-state index is 0.216. The summed E-state index contributed by atoms with van der Waals surface area (Å²) < 4.78 is 0. The molecule has 1 aromatic rings. The maximum absolute atomic E-state index is 10.3. The van der Waals surface area contributed by atoms with Crippen LogP contribution in [0.3, 0.4) is 0 Å². The van der Waals surface area contributed by atoms with E-state index in [1.165, 1.54) is 0 Å². The molecule has 1 aliphatic rings. The average Bonchev–Trinajstić information content (AvgIpc) is 2.85. The third kappa shape index (κ3) is 3.78. The van der Waals surface area contributed by atoms with Crippen molar-refractivity contribution < 1.29 is 10.2 Å². The van der Waals surface area contributed by atoms with E-state index >= 15 is 0 Å². The first-order valence-electron chi connectivity index (χ1n) is 7.22. The van der Waals surface area contributed by atoms with Gasteiger partial charge >= 0.3 is 0 Å². The van der Waals surface area contributed by atoms with Crippen LogP contribution < -0.4 is 0 Å².